The Balaban J connectivity index is 2.80. The highest BCUT2D eigenvalue weighted by molar-refractivity contribution is 5.87. The van der Waals surface area contributed by atoms with Gasteiger partial charge in [-0.1, -0.05) is 24.3 Å². The summed E-state index contributed by atoms with van der Waals surface area (Å²) in [5, 5.41) is 0. The molecule has 2 heteroatoms. The first kappa shape index (κ1) is 10.3. The average Bonchev–Trinajstić information content (AvgIpc) is 2.18. The molecule has 72 valence electrons. The van der Waals surface area contributed by atoms with Gasteiger partial charge in [0.15, 0.2) is 0 Å². The van der Waals surface area contributed by atoms with E-state index < -0.39 is 5.97 Å². The maximum absolute atomic E-state index is 10.8. The summed E-state index contributed by atoms with van der Waals surface area (Å²) in [6, 6.07) is 7.73. The van der Waals surface area contributed by atoms with Crippen LogP contribution in [0.5, 0.6) is 0 Å². The molecule has 0 spiro atoms. The van der Waals surface area contributed by atoms with Gasteiger partial charge in [-0.2, -0.15) is 0 Å². The summed E-state index contributed by atoms with van der Waals surface area (Å²) >= 11 is 0. The van der Waals surface area contributed by atoms with E-state index >= 15 is 0 Å². The first-order chi connectivity index (χ1) is 6.65. The fraction of sp³-hybridized carbons (Fsp3) is 0.250. The number of carbonyl (C=O) groups excluding carboxylic acids is 1. The minimum Gasteiger partial charge on any atom is -0.448 e. The van der Waals surface area contributed by atoms with Crippen molar-refractivity contribution in [1.82, 2.24) is 0 Å². The molecule has 0 saturated carbocycles. The summed E-state index contributed by atoms with van der Waals surface area (Å²) < 4.78 is 4.99. The van der Waals surface area contributed by atoms with Gasteiger partial charge >= 0.3 is 5.97 Å². The van der Waals surface area contributed by atoms with Crippen molar-refractivity contribution in [2.45, 2.75) is 20.0 Å². The number of aryl methyl sites for hydroxylation is 1. The molecule has 0 aliphatic heterocycles. The van der Waals surface area contributed by atoms with Gasteiger partial charge in [0.1, 0.15) is 6.10 Å². The SMILES string of the molecule is C#CC(=O)OC(C)c1ccccc1C. The second-order valence-electron chi connectivity index (χ2n) is 3.05. The lowest BCUT2D eigenvalue weighted by Gasteiger charge is -2.13. The Morgan fingerprint density at radius 2 is 2.14 bits per heavy atom. The Labute approximate surface area is 83.9 Å². The lowest BCUT2D eigenvalue weighted by Crippen LogP contribution is -2.07. The summed E-state index contributed by atoms with van der Waals surface area (Å²) in [5.74, 6) is 1.30. The van der Waals surface area contributed by atoms with Crippen LogP contribution in [0.1, 0.15) is 24.2 Å². The van der Waals surface area contributed by atoms with Gasteiger partial charge in [0.05, 0.1) is 0 Å². The van der Waals surface area contributed by atoms with Gasteiger partial charge in [0.25, 0.3) is 0 Å². The van der Waals surface area contributed by atoms with E-state index in [-0.39, 0.29) is 6.10 Å². The fourth-order valence-corrected chi connectivity index (χ4v) is 1.30. The van der Waals surface area contributed by atoms with Gasteiger partial charge in [-0.05, 0) is 25.0 Å². The highest BCUT2D eigenvalue weighted by atomic mass is 16.5. The molecule has 1 rings (SSSR count). The van der Waals surface area contributed by atoms with E-state index in [1.165, 1.54) is 0 Å². The average molecular weight is 188 g/mol. The summed E-state index contributed by atoms with van der Waals surface area (Å²) in [7, 11) is 0. The molecule has 0 heterocycles. The molecule has 0 fully saturated rings. The standard InChI is InChI=1S/C12H12O2/c1-4-12(13)14-10(3)11-8-6-5-7-9(11)2/h1,5-8,10H,2-3H3. The van der Waals surface area contributed by atoms with Crippen molar-refractivity contribution in [2.24, 2.45) is 0 Å². The van der Waals surface area contributed by atoms with Gasteiger partial charge in [-0.25, -0.2) is 4.79 Å². The molecule has 0 aromatic heterocycles. The number of terminal acetylenes is 1. The molecule has 14 heavy (non-hydrogen) atoms. The zero-order valence-corrected chi connectivity index (χ0v) is 8.28. The molecular formula is C12H12O2. The molecule has 0 aliphatic rings. The highest BCUT2D eigenvalue weighted by Gasteiger charge is 2.11. The lowest BCUT2D eigenvalue weighted by atomic mass is 10.0. The topological polar surface area (TPSA) is 26.3 Å². The number of ether oxygens (including phenoxy) is 1. The zero-order chi connectivity index (χ0) is 10.6. The highest BCUT2D eigenvalue weighted by Crippen LogP contribution is 2.19. The normalized spacial score (nSPS) is 11.5. The summed E-state index contributed by atoms with van der Waals surface area (Å²) in [4.78, 5) is 10.8. The third-order valence-corrected chi connectivity index (χ3v) is 2.03. The zero-order valence-electron chi connectivity index (χ0n) is 8.28. The summed E-state index contributed by atoms with van der Waals surface area (Å²) in [5.41, 5.74) is 2.07. The molecular weight excluding hydrogens is 176 g/mol. The predicted molar refractivity (Wildman–Crippen MR) is 54.5 cm³/mol. The second kappa shape index (κ2) is 4.48. The minimum absolute atomic E-state index is 0.292. The van der Waals surface area contributed by atoms with Crippen molar-refractivity contribution in [1.29, 1.82) is 0 Å². The maximum Gasteiger partial charge on any atom is 0.384 e. The fourth-order valence-electron chi connectivity index (χ4n) is 1.30. The van der Waals surface area contributed by atoms with Gasteiger partial charge in [-0.3, -0.25) is 0 Å². The van der Waals surface area contributed by atoms with Crippen LogP contribution < -0.4 is 0 Å². The minimum atomic E-state index is -0.624. The van der Waals surface area contributed by atoms with Crippen LogP contribution in [0.25, 0.3) is 0 Å². The molecule has 1 aromatic carbocycles. The first-order valence-corrected chi connectivity index (χ1v) is 4.38. The number of carbonyl (C=O) groups is 1. The number of benzene rings is 1. The van der Waals surface area contributed by atoms with Crippen LogP contribution in [0.3, 0.4) is 0 Å². The maximum atomic E-state index is 10.8. The molecule has 1 atom stereocenters. The molecule has 0 saturated heterocycles. The van der Waals surface area contributed by atoms with Crippen LogP contribution in [0.4, 0.5) is 0 Å². The summed E-state index contributed by atoms with van der Waals surface area (Å²) in [6.07, 6.45) is 4.62. The van der Waals surface area contributed by atoms with Crippen LogP contribution in [-0.2, 0) is 9.53 Å². The number of esters is 1. The van der Waals surface area contributed by atoms with Gasteiger partial charge in [0, 0.05) is 5.92 Å². The number of hydrogen-bond acceptors (Lipinski definition) is 2. The number of rotatable bonds is 2. The monoisotopic (exact) mass is 188 g/mol. The van der Waals surface area contributed by atoms with Gasteiger partial charge in [0.2, 0.25) is 0 Å². The van der Waals surface area contributed by atoms with E-state index in [9.17, 15) is 4.79 Å². The Kier molecular flexibility index (Phi) is 3.30. The Morgan fingerprint density at radius 3 is 2.71 bits per heavy atom. The van der Waals surface area contributed by atoms with Crippen molar-refractivity contribution in [3.05, 3.63) is 35.4 Å². The number of hydrogen-bond donors (Lipinski definition) is 0. The Morgan fingerprint density at radius 1 is 1.50 bits per heavy atom. The van der Waals surface area contributed by atoms with Crippen LogP contribution in [-0.4, -0.2) is 5.97 Å². The van der Waals surface area contributed by atoms with E-state index in [2.05, 4.69) is 0 Å². The van der Waals surface area contributed by atoms with Gasteiger partial charge in [-0.15, -0.1) is 6.42 Å². The van der Waals surface area contributed by atoms with Crippen molar-refractivity contribution in [3.63, 3.8) is 0 Å². The Bertz CT molecular complexity index is 374. The summed E-state index contributed by atoms with van der Waals surface area (Å²) in [6.45, 7) is 3.77. The molecule has 0 radical (unpaired) electrons. The van der Waals surface area contributed by atoms with Crippen molar-refractivity contribution in [3.8, 4) is 12.3 Å². The molecule has 0 N–H and O–H groups in total. The third kappa shape index (κ3) is 2.37. The molecule has 0 amide bonds. The Hall–Kier alpha value is -1.75. The van der Waals surface area contributed by atoms with Crippen LogP contribution >= 0.6 is 0 Å². The largest absolute Gasteiger partial charge is 0.448 e. The second-order valence-corrected chi connectivity index (χ2v) is 3.05. The van der Waals surface area contributed by atoms with E-state index in [0.717, 1.165) is 11.1 Å². The van der Waals surface area contributed by atoms with Crippen LogP contribution in [0.2, 0.25) is 0 Å². The van der Waals surface area contributed by atoms with E-state index in [1.807, 2.05) is 37.1 Å². The lowest BCUT2D eigenvalue weighted by molar-refractivity contribution is -0.141. The third-order valence-electron chi connectivity index (χ3n) is 2.03. The molecule has 1 aromatic rings. The van der Waals surface area contributed by atoms with E-state index in [0.29, 0.717) is 0 Å². The molecule has 0 bridgehead atoms. The smallest absolute Gasteiger partial charge is 0.384 e. The van der Waals surface area contributed by atoms with E-state index in [1.54, 1.807) is 6.92 Å². The molecule has 1 unspecified atom stereocenters. The molecule has 2 nitrogen and oxygen atoms in total. The van der Waals surface area contributed by atoms with Crippen molar-refractivity contribution >= 4 is 5.97 Å². The quantitative estimate of drug-likeness (QED) is 0.404. The van der Waals surface area contributed by atoms with Gasteiger partial charge < -0.3 is 4.74 Å². The van der Waals surface area contributed by atoms with Crippen LogP contribution in [0.15, 0.2) is 24.3 Å². The predicted octanol–water partition coefficient (Wildman–Crippen LogP) is 2.23. The van der Waals surface area contributed by atoms with Crippen molar-refractivity contribution in [2.75, 3.05) is 0 Å². The van der Waals surface area contributed by atoms with Crippen molar-refractivity contribution < 1.29 is 9.53 Å². The first-order valence-electron chi connectivity index (χ1n) is 4.38. The van der Waals surface area contributed by atoms with Crippen LogP contribution in [0, 0.1) is 19.3 Å². The molecule has 0 aliphatic carbocycles. The van der Waals surface area contributed by atoms with E-state index in [4.69, 9.17) is 11.2 Å².